The van der Waals surface area contributed by atoms with Crippen molar-refractivity contribution in [2.75, 3.05) is 41.2 Å². The van der Waals surface area contributed by atoms with Crippen molar-refractivity contribution >= 4 is 35.1 Å². The van der Waals surface area contributed by atoms with Gasteiger partial charge in [-0.3, -0.25) is 9.59 Å². The van der Waals surface area contributed by atoms with E-state index in [-0.39, 0.29) is 53.2 Å². The maximum atomic E-state index is 11.1. The van der Waals surface area contributed by atoms with Crippen LogP contribution in [0.5, 0.6) is 34.5 Å². The Balaban J connectivity index is -0.000000555. The summed E-state index contributed by atoms with van der Waals surface area (Å²) < 4.78 is 31.3. The Hall–Kier alpha value is -2.99. The summed E-state index contributed by atoms with van der Waals surface area (Å²) >= 11 is 0. The van der Waals surface area contributed by atoms with Gasteiger partial charge in [-0.25, -0.2) is 0 Å². The molecule has 0 saturated carbocycles. The number of carbonyl (C=O) groups excluding carboxylic acids is 2. The van der Waals surface area contributed by atoms with Crippen LogP contribution in [0.2, 0.25) is 0 Å². The summed E-state index contributed by atoms with van der Waals surface area (Å²) in [5.41, 5.74) is 2.05. The molecule has 0 saturated heterocycles. The van der Waals surface area contributed by atoms with E-state index >= 15 is 0 Å². The van der Waals surface area contributed by atoms with Crippen molar-refractivity contribution in [3.8, 4) is 34.5 Å². The number of carbonyl (C=O) groups is 2. The Labute approximate surface area is 289 Å². The van der Waals surface area contributed by atoms with Gasteiger partial charge in [-0.05, 0) is 88.7 Å². The van der Waals surface area contributed by atoms with E-state index in [9.17, 15) is 14.7 Å². The van der Waals surface area contributed by atoms with Crippen molar-refractivity contribution in [3.05, 3.63) is 78.7 Å². The molecular formula is C33H45BrMgO9. The predicted octanol–water partition coefficient (Wildman–Crippen LogP) is 3.42. The normalized spacial score (nSPS) is 9.75. The number of aliphatic hydroxyl groups is 1. The standard InChI is InChI=1S/C11H16O3.C11H14O3.C10H12O3.CH3.BrH.Mg/c2*1-4-14-11-7-9(8(2)12)5-6-10(11)13-3;1-3-13-10-6-8(7-11)4-5-9(10)12-2;;;/h5-8,12H,4H2,1-3H3;5-7H,4H2,1-3H3;4-7H,3H2,1-2H3;1H3;1H;/q;;;-1;;+2/p-1. The maximum Gasteiger partial charge on any atom is 2.00 e. The fourth-order valence-electron chi connectivity index (χ4n) is 3.42. The minimum atomic E-state index is -0.486. The molecule has 0 heterocycles. The Morgan fingerprint density at radius 3 is 1.52 bits per heavy atom. The van der Waals surface area contributed by atoms with Gasteiger partial charge in [-0.15, -0.1) is 0 Å². The summed E-state index contributed by atoms with van der Waals surface area (Å²) in [6, 6.07) is 15.7. The van der Waals surface area contributed by atoms with Crippen molar-refractivity contribution in [2.24, 2.45) is 0 Å². The number of ketones is 1. The molecule has 0 spiro atoms. The Bertz CT molecular complexity index is 1240. The predicted molar refractivity (Wildman–Crippen MR) is 171 cm³/mol. The number of benzene rings is 3. The first-order valence-electron chi connectivity index (χ1n) is 13.3. The molecule has 11 heteroatoms. The molecular weight excluding hydrogens is 645 g/mol. The third-order valence-electron chi connectivity index (χ3n) is 5.46. The van der Waals surface area contributed by atoms with E-state index in [0.29, 0.717) is 65.4 Å². The maximum absolute atomic E-state index is 11.1. The third kappa shape index (κ3) is 15.1. The molecule has 1 unspecified atom stereocenters. The minimum absolute atomic E-state index is 0. The van der Waals surface area contributed by atoms with Gasteiger partial charge in [0, 0.05) is 11.1 Å². The number of aldehydes is 1. The van der Waals surface area contributed by atoms with E-state index < -0.39 is 6.10 Å². The van der Waals surface area contributed by atoms with Gasteiger partial charge in [-0.2, -0.15) is 0 Å². The molecule has 0 aliphatic carbocycles. The fourth-order valence-corrected chi connectivity index (χ4v) is 3.42. The van der Waals surface area contributed by atoms with Gasteiger partial charge in [0.05, 0.1) is 47.3 Å². The van der Waals surface area contributed by atoms with Gasteiger partial charge in [0.25, 0.3) is 0 Å². The van der Waals surface area contributed by atoms with Gasteiger partial charge in [0.2, 0.25) is 0 Å². The first kappa shape index (κ1) is 45.4. The quantitative estimate of drug-likeness (QED) is 0.133. The van der Waals surface area contributed by atoms with Crippen LogP contribution in [0.4, 0.5) is 0 Å². The molecule has 44 heavy (non-hydrogen) atoms. The van der Waals surface area contributed by atoms with Crippen LogP contribution in [-0.4, -0.2) is 81.4 Å². The summed E-state index contributed by atoms with van der Waals surface area (Å²) in [4.78, 5) is 21.6. The molecule has 0 bridgehead atoms. The van der Waals surface area contributed by atoms with Gasteiger partial charge in [0.1, 0.15) is 6.29 Å². The topological polar surface area (TPSA) is 110 Å². The molecule has 0 radical (unpaired) electrons. The number of halogens is 1. The summed E-state index contributed by atoms with van der Waals surface area (Å²) in [5, 5.41) is 9.38. The van der Waals surface area contributed by atoms with Crippen LogP contribution in [-0.2, 0) is 0 Å². The van der Waals surface area contributed by atoms with Crippen molar-refractivity contribution in [1.29, 1.82) is 0 Å². The SMILES string of the molecule is CCOc1cc(C(C)=O)ccc1OC.CCOc1cc(C(C)O)ccc1OC.CCOc1cc(C=O)ccc1OC.[Br-].[CH3-].[Mg+2]. The molecule has 3 rings (SSSR count). The summed E-state index contributed by atoms with van der Waals surface area (Å²) in [6.45, 7) is 10.6. The number of ether oxygens (including phenoxy) is 6. The van der Waals surface area contributed by atoms with Crippen LogP contribution < -0.4 is 45.4 Å². The van der Waals surface area contributed by atoms with E-state index in [1.165, 1.54) is 6.92 Å². The zero-order valence-corrected chi connectivity index (χ0v) is 30.3. The molecule has 0 aliphatic heterocycles. The van der Waals surface area contributed by atoms with Gasteiger partial charge >= 0.3 is 23.1 Å². The molecule has 9 nitrogen and oxygen atoms in total. The average molecular weight is 690 g/mol. The van der Waals surface area contributed by atoms with Crippen LogP contribution in [0.1, 0.15) is 67.0 Å². The Morgan fingerprint density at radius 2 is 1.14 bits per heavy atom. The van der Waals surface area contributed by atoms with Gasteiger partial charge in [0.15, 0.2) is 40.3 Å². The van der Waals surface area contributed by atoms with E-state index in [2.05, 4.69) is 0 Å². The molecule has 0 aliphatic rings. The van der Waals surface area contributed by atoms with E-state index in [1.54, 1.807) is 76.8 Å². The van der Waals surface area contributed by atoms with E-state index in [4.69, 9.17) is 28.4 Å². The Morgan fingerprint density at radius 1 is 0.727 bits per heavy atom. The number of hydrogen-bond donors (Lipinski definition) is 1. The molecule has 1 N–H and O–H groups in total. The first-order valence-corrected chi connectivity index (χ1v) is 13.3. The molecule has 1 atom stereocenters. The molecule has 3 aromatic carbocycles. The zero-order chi connectivity index (χ0) is 30.8. The number of hydrogen-bond acceptors (Lipinski definition) is 9. The summed E-state index contributed by atoms with van der Waals surface area (Å²) in [7, 11) is 4.74. The van der Waals surface area contributed by atoms with Crippen molar-refractivity contribution in [3.63, 3.8) is 0 Å². The van der Waals surface area contributed by atoms with E-state index in [0.717, 1.165) is 11.8 Å². The second-order valence-corrected chi connectivity index (χ2v) is 8.34. The second kappa shape index (κ2) is 25.3. The van der Waals surface area contributed by atoms with Crippen LogP contribution in [0.25, 0.3) is 0 Å². The van der Waals surface area contributed by atoms with Crippen molar-refractivity contribution < 1.29 is 60.1 Å². The Kier molecular flexibility index (Phi) is 26.2. The molecule has 240 valence electrons. The number of rotatable bonds is 12. The number of Topliss-reactive ketones (excluding diaryl/α,β-unsaturated/α-hetero) is 1. The van der Waals surface area contributed by atoms with Gasteiger partial charge < -0.3 is 57.9 Å². The smallest absolute Gasteiger partial charge is 1.00 e. The number of aliphatic hydroxyl groups excluding tert-OH is 1. The molecule has 0 fully saturated rings. The molecule has 3 aromatic rings. The number of methoxy groups -OCH3 is 3. The summed E-state index contributed by atoms with van der Waals surface area (Å²) in [5.74, 6) is 3.90. The summed E-state index contributed by atoms with van der Waals surface area (Å²) in [6.07, 6.45) is 0.294. The minimum Gasteiger partial charge on any atom is -1.00 e. The zero-order valence-electron chi connectivity index (χ0n) is 27.3. The first-order chi connectivity index (χ1) is 19.7. The van der Waals surface area contributed by atoms with Gasteiger partial charge in [-0.1, -0.05) is 6.07 Å². The average Bonchev–Trinajstić information content (AvgIpc) is 2.98. The van der Waals surface area contributed by atoms with Crippen LogP contribution >= 0.6 is 0 Å². The fraction of sp³-hybridized carbons (Fsp3) is 0.364. The van der Waals surface area contributed by atoms with Crippen LogP contribution in [0.3, 0.4) is 0 Å². The second-order valence-electron chi connectivity index (χ2n) is 8.34. The third-order valence-corrected chi connectivity index (χ3v) is 5.46. The van der Waals surface area contributed by atoms with Crippen molar-refractivity contribution in [1.82, 2.24) is 0 Å². The van der Waals surface area contributed by atoms with Crippen LogP contribution in [0, 0.1) is 7.43 Å². The van der Waals surface area contributed by atoms with Crippen LogP contribution in [0.15, 0.2) is 54.6 Å². The molecule has 0 aromatic heterocycles. The monoisotopic (exact) mass is 688 g/mol. The van der Waals surface area contributed by atoms with Crippen molar-refractivity contribution in [2.45, 2.75) is 40.7 Å². The largest absolute Gasteiger partial charge is 2.00 e. The molecule has 0 amide bonds. The van der Waals surface area contributed by atoms with E-state index in [1.807, 2.05) is 26.8 Å².